The van der Waals surface area contributed by atoms with E-state index >= 15 is 0 Å². The van der Waals surface area contributed by atoms with Gasteiger partial charge in [-0.3, -0.25) is 23.4 Å². The fraction of sp³-hybridized carbons (Fsp3) is 0.648. The first-order chi connectivity index (χ1) is 32.2. The van der Waals surface area contributed by atoms with Crippen LogP contribution >= 0.6 is 7.82 Å². The van der Waals surface area contributed by atoms with Crippen molar-refractivity contribution in [3.8, 4) is 0 Å². The molecule has 0 bridgehead atoms. The van der Waals surface area contributed by atoms with Crippen molar-refractivity contribution in [2.75, 3.05) is 26.4 Å². The van der Waals surface area contributed by atoms with Gasteiger partial charge in [0.1, 0.15) is 12.7 Å². The van der Waals surface area contributed by atoms with Crippen LogP contribution in [-0.2, 0) is 42.2 Å². The average molecular weight is 945 g/mol. The van der Waals surface area contributed by atoms with Crippen molar-refractivity contribution in [1.29, 1.82) is 0 Å². The number of esters is 3. The van der Waals surface area contributed by atoms with Gasteiger partial charge in [-0.15, -0.1) is 0 Å². The zero-order valence-electron chi connectivity index (χ0n) is 41.1. The van der Waals surface area contributed by atoms with Crippen LogP contribution in [0.25, 0.3) is 0 Å². The molecule has 0 aromatic heterocycles. The zero-order chi connectivity index (χ0) is 48.4. The number of carbonyl (C=O) groups is 3. The monoisotopic (exact) mass is 945 g/mol. The lowest BCUT2D eigenvalue weighted by molar-refractivity contribution is -0.161. The highest BCUT2D eigenvalue weighted by Crippen LogP contribution is 2.43. The van der Waals surface area contributed by atoms with Gasteiger partial charge in [0.25, 0.3) is 0 Å². The highest BCUT2D eigenvalue weighted by molar-refractivity contribution is 7.47. The van der Waals surface area contributed by atoms with Crippen molar-refractivity contribution in [1.82, 2.24) is 0 Å². The summed E-state index contributed by atoms with van der Waals surface area (Å²) in [7, 11) is -4.77. The lowest BCUT2D eigenvalue weighted by atomic mass is 10.1. The number of hydrogen-bond acceptors (Lipinski definition) is 10. The van der Waals surface area contributed by atoms with Crippen molar-refractivity contribution in [3.05, 3.63) is 97.2 Å². The molecule has 0 aliphatic rings. The Hall–Kier alpha value is -3.60. The van der Waals surface area contributed by atoms with Gasteiger partial charge in [0.15, 0.2) is 6.10 Å². The van der Waals surface area contributed by atoms with Crippen molar-refractivity contribution < 1.29 is 52.2 Å². The van der Waals surface area contributed by atoms with Gasteiger partial charge in [-0.1, -0.05) is 176 Å². The maximum absolute atomic E-state index is 12.8. The van der Waals surface area contributed by atoms with Gasteiger partial charge in [-0.2, -0.15) is 0 Å². The number of unbranched alkanes of at least 4 members (excludes halogenated alkanes) is 13. The van der Waals surface area contributed by atoms with Gasteiger partial charge in [0.2, 0.25) is 0 Å². The highest BCUT2D eigenvalue weighted by atomic mass is 31.2. The third kappa shape index (κ3) is 45.6. The SMILES string of the molecule is CC/C=C\C/C=C\C/C=C\C/C=C\C/C=C\CC(=O)OCC(COP(=O)(O)OCC(CO)OC(=O)CCCCCCC/C=C\CCCC)OC(=O)CCCCCCC/C=C\C/C=C\CCC. The van der Waals surface area contributed by atoms with E-state index in [0.29, 0.717) is 19.3 Å². The molecule has 3 atom stereocenters. The molecule has 3 unspecified atom stereocenters. The summed E-state index contributed by atoms with van der Waals surface area (Å²) in [6.45, 7) is 4.25. The molecule has 0 heterocycles. The van der Waals surface area contributed by atoms with Crippen molar-refractivity contribution in [2.24, 2.45) is 0 Å². The topological polar surface area (TPSA) is 155 Å². The Labute approximate surface area is 400 Å². The number of aliphatic hydroxyl groups is 1. The van der Waals surface area contributed by atoms with E-state index in [1.165, 1.54) is 12.8 Å². The normalized spacial score (nSPS) is 14.3. The van der Waals surface area contributed by atoms with Gasteiger partial charge in [-0.05, 0) is 89.9 Å². The van der Waals surface area contributed by atoms with Crippen LogP contribution in [0.2, 0.25) is 0 Å². The van der Waals surface area contributed by atoms with Crippen LogP contribution in [0.5, 0.6) is 0 Å². The standard InChI is InChI=1S/C54H89O11P/c1-4-7-10-13-16-19-22-24-25-27-29-31-34-37-40-43-52(56)61-47-51(65-54(58)45-42-39-36-33-30-26-23-20-17-14-11-8-5-2)49-63-66(59,60)62-48-50(46-55)64-53(57)44-41-38-35-32-28-21-18-15-12-9-6-3/h7,10-11,14-16,18-20,23-25,29,31,37,40,50-51,55H,4-6,8-9,12-13,17,21-22,26-28,30,32-36,38-39,41-49H2,1-3H3,(H,59,60)/b10-7-,14-11-,18-15-,19-16-,23-20-,25-24-,31-29-,40-37-. The van der Waals surface area contributed by atoms with E-state index in [1.54, 1.807) is 6.08 Å². The minimum Gasteiger partial charge on any atom is -0.461 e. The molecule has 0 fully saturated rings. The quantitative estimate of drug-likeness (QED) is 0.0197. The van der Waals surface area contributed by atoms with Crippen molar-refractivity contribution in [3.63, 3.8) is 0 Å². The zero-order valence-corrected chi connectivity index (χ0v) is 42.0. The number of rotatable bonds is 45. The van der Waals surface area contributed by atoms with E-state index in [9.17, 15) is 28.9 Å². The number of ether oxygens (including phenoxy) is 3. The molecule has 0 rings (SSSR count). The van der Waals surface area contributed by atoms with Crippen molar-refractivity contribution >= 4 is 25.7 Å². The van der Waals surface area contributed by atoms with E-state index in [1.807, 2.05) is 12.2 Å². The summed E-state index contributed by atoms with van der Waals surface area (Å²) in [5.74, 6) is -1.66. The lowest BCUT2D eigenvalue weighted by Crippen LogP contribution is -2.30. The fourth-order valence-electron chi connectivity index (χ4n) is 6.15. The molecule has 0 aromatic rings. The summed E-state index contributed by atoms with van der Waals surface area (Å²) >= 11 is 0. The summed E-state index contributed by atoms with van der Waals surface area (Å²) in [6.07, 6.45) is 54.1. The number of carbonyl (C=O) groups excluding carboxylic acids is 3. The molecule has 0 spiro atoms. The third-order valence-electron chi connectivity index (χ3n) is 9.97. The first-order valence-electron chi connectivity index (χ1n) is 25.1. The molecular weight excluding hydrogens is 856 g/mol. The minimum absolute atomic E-state index is 0.0131. The average Bonchev–Trinajstić information content (AvgIpc) is 3.30. The molecule has 376 valence electrons. The highest BCUT2D eigenvalue weighted by Gasteiger charge is 2.28. The molecule has 0 aliphatic carbocycles. The second kappa shape index (κ2) is 47.9. The first-order valence-corrected chi connectivity index (χ1v) is 26.6. The molecule has 2 N–H and O–H groups in total. The minimum atomic E-state index is -4.77. The molecule has 0 aromatic carbocycles. The molecule has 0 saturated carbocycles. The third-order valence-corrected chi connectivity index (χ3v) is 10.9. The Morgan fingerprint density at radius 1 is 0.455 bits per heavy atom. The Morgan fingerprint density at radius 3 is 1.36 bits per heavy atom. The van der Waals surface area contributed by atoms with Gasteiger partial charge >= 0.3 is 25.7 Å². The number of phosphoric ester groups is 1. The predicted molar refractivity (Wildman–Crippen MR) is 270 cm³/mol. The summed E-state index contributed by atoms with van der Waals surface area (Å²) in [4.78, 5) is 48.2. The van der Waals surface area contributed by atoms with Crippen LogP contribution in [0.1, 0.15) is 188 Å². The molecule has 0 saturated heterocycles. The molecular formula is C54H89O11P. The van der Waals surface area contributed by atoms with Crippen LogP contribution in [0.3, 0.4) is 0 Å². The van der Waals surface area contributed by atoms with E-state index in [4.69, 9.17) is 23.3 Å². The predicted octanol–water partition coefficient (Wildman–Crippen LogP) is 14.1. The van der Waals surface area contributed by atoms with Crippen LogP contribution in [0.15, 0.2) is 97.2 Å². The molecule has 0 radical (unpaired) electrons. The van der Waals surface area contributed by atoms with Gasteiger partial charge in [0, 0.05) is 12.8 Å². The fourth-order valence-corrected chi connectivity index (χ4v) is 6.94. The summed E-state index contributed by atoms with van der Waals surface area (Å²) in [5.41, 5.74) is 0. The molecule has 0 aliphatic heterocycles. The molecule has 66 heavy (non-hydrogen) atoms. The van der Waals surface area contributed by atoms with E-state index in [-0.39, 0.29) is 19.3 Å². The van der Waals surface area contributed by atoms with Crippen LogP contribution in [0, 0.1) is 0 Å². The van der Waals surface area contributed by atoms with Crippen molar-refractivity contribution in [2.45, 2.75) is 200 Å². The van der Waals surface area contributed by atoms with Crippen LogP contribution < -0.4 is 0 Å². The Bertz CT molecular complexity index is 1480. The van der Waals surface area contributed by atoms with Crippen LogP contribution in [0.4, 0.5) is 0 Å². The maximum atomic E-state index is 12.8. The largest absolute Gasteiger partial charge is 0.472 e. The number of hydrogen-bond donors (Lipinski definition) is 2. The van der Waals surface area contributed by atoms with Crippen LogP contribution in [-0.4, -0.2) is 66.5 Å². The lowest BCUT2D eigenvalue weighted by Gasteiger charge is -2.21. The van der Waals surface area contributed by atoms with E-state index in [2.05, 4.69) is 99.8 Å². The van der Waals surface area contributed by atoms with E-state index < -0.39 is 64.4 Å². The Kier molecular flexibility index (Phi) is 45.3. The molecule has 0 amide bonds. The van der Waals surface area contributed by atoms with Gasteiger partial charge in [-0.25, -0.2) is 4.57 Å². The van der Waals surface area contributed by atoms with Gasteiger partial charge < -0.3 is 24.2 Å². The summed E-state index contributed by atoms with van der Waals surface area (Å²) in [5, 5.41) is 9.75. The Morgan fingerprint density at radius 2 is 0.864 bits per heavy atom. The number of phosphoric acid groups is 1. The smallest absolute Gasteiger partial charge is 0.461 e. The second-order valence-corrected chi connectivity index (χ2v) is 17.7. The van der Waals surface area contributed by atoms with Gasteiger partial charge in [0.05, 0.1) is 26.2 Å². The molecule has 12 heteroatoms. The summed E-state index contributed by atoms with van der Waals surface area (Å²) in [6, 6.07) is 0. The summed E-state index contributed by atoms with van der Waals surface area (Å²) < 4.78 is 39.1. The Balaban J connectivity index is 4.91. The maximum Gasteiger partial charge on any atom is 0.472 e. The number of aliphatic hydroxyl groups excluding tert-OH is 1. The second-order valence-electron chi connectivity index (χ2n) is 16.3. The number of allylic oxidation sites excluding steroid dienone is 15. The molecule has 11 nitrogen and oxygen atoms in total. The first kappa shape index (κ1) is 62.4. The van der Waals surface area contributed by atoms with E-state index in [0.717, 1.165) is 116 Å².